The Bertz CT molecular complexity index is 606. The number of para-hydroxylation sites is 1. The Morgan fingerprint density at radius 2 is 1.75 bits per heavy atom. The molecule has 0 aliphatic carbocycles. The Morgan fingerprint density at radius 1 is 1.05 bits per heavy atom. The van der Waals surface area contributed by atoms with E-state index in [1.54, 1.807) is 0 Å². The smallest absolute Gasteiger partial charge is 0.0786 e. The second-order valence-electron chi connectivity index (χ2n) is 5.24. The van der Waals surface area contributed by atoms with Crippen LogP contribution in [0, 0.1) is 13.8 Å². The summed E-state index contributed by atoms with van der Waals surface area (Å²) in [7, 11) is 4.01. The highest BCUT2D eigenvalue weighted by Gasteiger charge is 2.09. The molecule has 2 aromatic carbocycles. The van der Waals surface area contributed by atoms with Gasteiger partial charge >= 0.3 is 0 Å². The largest absolute Gasteiger partial charge is 0.379 e. The van der Waals surface area contributed by atoms with Crippen LogP contribution in [0.2, 0.25) is 5.02 Å². The molecule has 2 rings (SSSR count). The number of hydrogen-bond acceptors (Lipinski definition) is 2. The number of benzene rings is 2. The monoisotopic (exact) mass is 288 g/mol. The van der Waals surface area contributed by atoms with E-state index < -0.39 is 0 Å². The van der Waals surface area contributed by atoms with Gasteiger partial charge in [-0.3, -0.25) is 0 Å². The van der Waals surface area contributed by atoms with Crippen LogP contribution in [-0.4, -0.2) is 14.1 Å². The molecule has 0 aliphatic heterocycles. The summed E-state index contributed by atoms with van der Waals surface area (Å²) >= 11 is 6.28. The first-order valence-electron chi connectivity index (χ1n) is 6.75. The van der Waals surface area contributed by atoms with Crippen molar-refractivity contribution < 1.29 is 0 Å². The molecule has 0 heterocycles. The quantitative estimate of drug-likeness (QED) is 0.882. The van der Waals surface area contributed by atoms with Gasteiger partial charge in [-0.15, -0.1) is 0 Å². The van der Waals surface area contributed by atoms with E-state index in [0.717, 1.165) is 22.9 Å². The summed E-state index contributed by atoms with van der Waals surface area (Å²) in [5.41, 5.74) is 6.06. The first-order chi connectivity index (χ1) is 9.50. The average Bonchev–Trinajstić information content (AvgIpc) is 2.40. The summed E-state index contributed by atoms with van der Waals surface area (Å²) in [6, 6.07) is 12.4. The first-order valence-corrected chi connectivity index (χ1v) is 7.13. The van der Waals surface area contributed by atoms with Crippen molar-refractivity contribution in [1.29, 1.82) is 0 Å². The highest BCUT2D eigenvalue weighted by molar-refractivity contribution is 6.34. The molecule has 106 valence electrons. The lowest BCUT2D eigenvalue weighted by molar-refractivity contribution is 1.08. The van der Waals surface area contributed by atoms with E-state index in [0.29, 0.717) is 0 Å². The van der Waals surface area contributed by atoms with Gasteiger partial charge in [0.1, 0.15) is 0 Å². The topological polar surface area (TPSA) is 15.3 Å². The molecule has 0 unspecified atom stereocenters. The lowest BCUT2D eigenvalue weighted by Crippen LogP contribution is -2.13. The molecule has 0 fully saturated rings. The molecule has 2 aromatic rings. The number of anilines is 2. The Labute approximate surface area is 126 Å². The lowest BCUT2D eigenvalue weighted by Gasteiger charge is -2.20. The molecule has 20 heavy (non-hydrogen) atoms. The van der Waals surface area contributed by atoms with Crippen LogP contribution in [0.25, 0.3) is 0 Å². The minimum Gasteiger partial charge on any atom is -0.379 e. The zero-order valence-electron chi connectivity index (χ0n) is 12.5. The number of nitrogens with one attached hydrogen (secondary N) is 1. The molecule has 0 saturated carbocycles. The van der Waals surface area contributed by atoms with Gasteiger partial charge in [0.05, 0.1) is 16.4 Å². The van der Waals surface area contributed by atoms with Crippen LogP contribution in [-0.2, 0) is 6.54 Å². The second kappa shape index (κ2) is 6.19. The lowest BCUT2D eigenvalue weighted by atomic mass is 10.0. The maximum Gasteiger partial charge on any atom is 0.0786 e. The first kappa shape index (κ1) is 14.7. The second-order valence-corrected chi connectivity index (χ2v) is 5.65. The maximum atomic E-state index is 6.28. The van der Waals surface area contributed by atoms with E-state index in [2.05, 4.69) is 43.4 Å². The van der Waals surface area contributed by atoms with E-state index in [4.69, 9.17) is 11.6 Å². The highest BCUT2D eigenvalue weighted by Crippen LogP contribution is 2.32. The van der Waals surface area contributed by atoms with Gasteiger partial charge in [-0.1, -0.05) is 35.9 Å². The Balaban J connectivity index is 2.23. The maximum absolute atomic E-state index is 6.28. The molecule has 0 atom stereocenters. The number of rotatable bonds is 4. The third-order valence-electron chi connectivity index (χ3n) is 3.62. The summed E-state index contributed by atoms with van der Waals surface area (Å²) < 4.78 is 0. The molecule has 0 saturated heterocycles. The predicted octanol–water partition coefficient (Wildman–Crippen LogP) is 4.63. The molecule has 0 spiro atoms. The van der Waals surface area contributed by atoms with Crippen molar-refractivity contribution in [3.63, 3.8) is 0 Å². The van der Waals surface area contributed by atoms with Crippen LogP contribution in [0.15, 0.2) is 36.4 Å². The Hall–Kier alpha value is -1.67. The normalized spacial score (nSPS) is 10.4. The summed E-state index contributed by atoms with van der Waals surface area (Å²) in [5, 5.41) is 4.26. The molecular weight excluding hydrogens is 268 g/mol. The van der Waals surface area contributed by atoms with Crippen molar-refractivity contribution in [1.82, 2.24) is 0 Å². The van der Waals surface area contributed by atoms with Crippen molar-refractivity contribution in [2.24, 2.45) is 0 Å². The summed E-state index contributed by atoms with van der Waals surface area (Å²) in [4.78, 5) is 2.04. The van der Waals surface area contributed by atoms with Gasteiger partial charge in [0, 0.05) is 20.6 Å². The van der Waals surface area contributed by atoms with Crippen LogP contribution in [0.1, 0.15) is 16.7 Å². The fraction of sp³-hybridized carbons (Fsp3) is 0.294. The zero-order chi connectivity index (χ0) is 14.7. The standard InChI is InChI=1S/C17H21ClN2/c1-12-7-5-8-14(13(12)2)11-19-16-10-6-9-15(18)17(16)20(3)4/h5-10,19H,11H2,1-4H3. The summed E-state index contributed by atoms with van der Waals surface area (Å²) in [6.45, 7) is 5.11. The van der Waals surface area contributed by atoms with Crippen molar-refractivity contribution >= 4 is 23.0 Å². The number of aryl methyl sites for hydroxylation is 1. The van der Waals surface area contributed by atoms with Crippen molar-refractivity contribution in [2.75, 3.05) is 24.3 Å². The minimum atomic E-state index is 0.765. The van der Waals surface area contributed by atoms with Crippen molar-refractivity contribution in [3.05, 3.63) is 58.1 Å². The third kappa shape index (κ3) is 3.07. The Morgan fingerprint density at radius 3 is 2.45 bits per heavy atom. The number of halogens is 1. The van der Waals surface area contributed by atoms with E-state index >= 15 is 0 Å². The van der Waals surface area contributed by atoms with Gasteiger partial charge in [-0.2, -0.15) is 0 Å². The Kier molecular flexibility index (Phi) is 4.56. The average molecular weight is 289 g/mol. The summed E-state index contributed by atoms with van der Waals surface area (Å²) in [5.74, 6) is 0. The summed E-state index contributed by atoms with van der Waals surface area (Å²) in [6.07, 6.45) is 0. The fourth-order valence-electron chi connectivity index (χ4n) is 2.31. The fourth-order valence-corrected chi connectivity index (χ4v) is 2.65. The molecular formula is C17H21ClN2. The van der Waals surface area contributed by atoms with Crippen LogP contribution < -0.4 is 10.2 Å². The number of nitrogens with zero attached hydrogens (tertiary/aromatic N) is 1. The van der Waals surface area contributed by atoms with E-state index in [1.165, 1.54) is 16.7 Å². The van der Waals surface area contributed by atoms with Crippen LogP contribution in [0.4, 0.5) is 11.4 Å². The predicted molar refractivity (Wildman–Crippen MR) is 89.0 cm³/mol. The molecule has 0 aliphatic rings. The van der Waals surface area contributed by atoms with E-state index in [-0.39, 0.29) is 0 Å². The van der Waals surface area contributed by atoms with E-state index in [9.17, 15) is 0 Å². The van der Waals surface area contributed by atoms with Crippen molar-refractivity contribution in [2.45, 2.75) is 20.4 Å². The minimum absolute atomic E-state index is 0.765. The molecule has 0 radical (unpaired) electrons. The molecule has 1 N–H and O–H groups in total. The molecule has 2 nitrogen and oxygen atoms in total. The van der Waals surface area contributed by atoms with Gasteiger partial charge < -0.3 is 10.2 Å². The molecule has 3 heteroatoms. The van der Waals surface area contributed by atoms with E-state index in [1.807, 2.05) is 31.1 Å². The van der Waals surface area contributed by atoms with Crippen LogP contribution >= 0.6 is 11.6 Å². The SMILES string of the molecule is Cc1cccc(CNc2cccc(Cl)c2N(C)C)c1C. The molecule has 0 aromatic heterocycles. The number of hydrogen-bond donors (Lipinski definition) is 1. The van der Waals surface area contributed by atoms with Gasteiger partial charge in [0.2, 0.25) is 0 Å². The van der Waals surface area contributed by atoms with Gasteiger partial charge in [-0.25, -0.2) is 0 Å². The highest BCUT2D eigenvalue weighted by atomic mass is 35.5. The van der Waals surface area contributed by atoms with Crippen molar-refractivity contribution in [3.8, 4) is 0 Å². The van der Waals surface area contributed by atoms with Gasteiger partial charge in [0.15, 0.2) is 0 Å². The van der Waals surface area contributed by atoms with Gasteiger partial charge in [-0.05, 0) is 42.7 Å². The zero-order valence-corrected chi connectivity index (χ0v) is 13.3. The third-order valence-corrected chi connectivity index (χ3v) is 3.93. The van der Waals surface area contributed by atoms with Gasteiger partial charge in [0.25, 0.3) is 0 Å². The molecule has 0 amide bonds. The molecule has 0 bridgehead atoms. The van der Waals surface area contributed by atoms with Crippen LogP contribution in [0.5, 0.6) is 0 Å². The van der Waals surface area contributed by atoms with Crippen LogP contribution in [0.3, 0.4) is 0 Å².